The highest BCUT2D eigenvalue weighted by Gasteiger charge is 2.29. The van der Waals surface area contributed by atoms with Gasteiger partial charge in [-0.25, -0.2) is 22.7 Å². The smallest absolute Gasteiger partial charge is 0.252 e. The van der Waals surface area contributed by atoms with Gasteiger partial charge in [0, 0.05) is 36.5 Å². The molecule has 2 aromatic heterocycles. The van der Waals surface area contributed by atoms with E-state index in [4.69, 9.17) is 0 Å². The number of piperidine rings is 1. The zero-order valence-corrected chi connectivity index (χ0v) is 16.7. The van der Waals surface area contributed by atoms with Crippen molar-refractivity contribution in [2.45, 2.75) is 33.6 Å². The molecule has 0 bridgehead atoms. The maximum Gasteiger partial charge on any atom is 0.252 e. The molecule has 0 radical (unpaired) electrons. The lowest BCUT2D eigenvalue weighted by atomic mass is 9.97. The minimum absolute atomic E-state index is 0.145. The Morgan fingerprint density at radius 3 is 2.22 bits per heavy atom. The van der Waals surface area contributed by atoms with Crippen LogP contribution in [0, 0.1) is 26.7 Å². The van der Waals surface area contributed by atoms with E-state index in [1.807, 2.05) is 26.8 Å². The van der Waals surface area contributed by atoms with E-state index < -0.39 is 10.0 Å². The van der Waals surface area contributed by atoms with Gasteiger partial charge in [-0.15, -0.1) is 0 Å². The molecule has 0 saturated carbocycles. The molecule has 1 aliphatic heterocycles. The molecule has 1 N–H and O–H groups in total. The van der Waals surface area contributed by atoms with E-state index in [0.717, 1.165) is 17.1 Å². The third-order valence-corrected chi connectivity index (χ3v) is 5.84. The van der Waals surface area contributed by atoms with Crippen LogP contribution < -0.4 is 5.32 Å². The lowest BCUT2D eigenvalue weighted by molar-refractivity contribution is -0.120. The van der Waals surface area contributed by atoms with E-state index in [-0.39, 0.29) is 11.8 Å². The zero-order valence-electron chi connectivity index (χ0n) is 15.9. The molecule has 1 aliphatic rings. The highest BCUT2D eigenvalue weighted by Crippen LogP contribution is 2.22. The number of amides is 1. The van der Waals surface area contributed by atoms with Gasteiger partial charge in [0.2, 0.25) is 15.9 Å². The molecule has 0 aliphatic carbocycles. The molecule has 27 heavy (non-hydrogen) atoms. The summed E-state index contributed by atoms with van der Waals surface area (Å²) >= 11 is 0. The third-order valence-electron chi connectivity index (χ3n) is 4.54. The largest absolute Gasteiger partial charge is 0.310 e. The maximum absolute atomic E-state index is 12.7. The van der Waals surface area contributed by atoms with Gasteiger partial charge in [-0.3, -0.25) is 4.79 Å². The van der Waals surface area contributed by atoms with Gasteiger partial charge >= 0.3 is 0 Å². The quantitative estimate of drug-likeness (QED) is 0.837. The fourth-order valence-corrected chi connectivity index (χ4v) is 4.10. The first-order valence-electron chi connectivity index (χ1n) is 8.79. The first-order chi connectivity index (χ1) is 12.6. The van der Waals surface area contributed by atoms with E-state index >= 15 is 0 Å². The number of sulfonamides is 1. The highest BCUT2D eigenvalue weighted by atomic mass is 32.2. The standard InChI is InChI=1S/C17H24N6O3S/c1-11-9-12(2)19-17(18-11)23-15(10-13(3)21-23)20-16(24)14-5-7-22(8-6-14)27(4,25)26/h9-10,14H,5-8H2,1-4H3,(H,20,24). The predicted molar refractivity (Wildman–Crippen MR) is 101 cm³/mol. The molecule has 1 saturated heterocycles. The molecule has 9 nitrogen and oxygen atoms in total. The molecular formula is C17H24N6O3S. The number of nitrogens with one attached hydrogen (secondary N) is 1. The van der Waals surface area contributed by atoms with Gasteiger partial charge in [-0.1, -0.05) is 0 Å². The van der Waals surface area contributed by atoms with Crippen LogP contribution >= 0.6 is 0 Å². The molecule has 0 spiro atoms. The summed E-state index contributed by atoms with van der Waals surface area (Å²) < 4.78 is 26.2. The molecule has 0 aromatic carbocycles. The SMILES string of the molecule is Cc1cc(C)nc(-n2nc(C)cc2NC(=O)C2CCN(S(C)(=O)=O)CC2)n1. The van der Waals surface area contributed by atoms with Crippen LogP contribution in [-0.4, -0.2) is 57.7 Å². The number of hydrogen-bond acceptors (Lipinski definition) is 6. The third kappa shape index (κ3) is 4.51. The summed E-state index contributed by atoms with van der Waals surface area (Å²) in [5, 5.41) is 7.30. The molecule has 3 rings (SSSR count). The summed E-state index contributed by atoms with van der Waals surface area (Å²) in [6, 6.07) is 3.64. The van der Waals surface area contributed by atoms with Crippen LogP contribution in [0.25, 0.3) is 5.95 Å². The Hall–Kier alpha value is -2.33. The van der Waals surface area contributed by atoms with E-state index in [1.165, 1.54) is 15.2 Å². The summed E-state index contributed by atoms with van der Waals surface area (Å²) in [6.07, 6.45) is 2.18. The van der Waals surface area contributed by atoms with Crippen LogP contribution in [-0.2, 0) is 14.8 Å². The van der Waals surface area contributed by atoms with Crippen LogP contribution in [0.1, 0.15) is 29.9 Å². The Bertz CT molecular complexity index is 941. The van der Waals surface area contributed by atoms with Crippen molar-refractivity contribution in [3.63, 3.8) is 0 Å². The van der Waals surface area contributed by atoms with Gasteiger partial charge in [-0.2, -0.15) is 9.78 Å². The van der Waals surface area contributed by atoms with Crippen LogP contribution in [0.3, 0.4) is 0 Å². The fourth-order valence-electron chi connectivity index (χ4n) is 3.22. The summed E-state index contributed by atoms with van der Waals surface area (Å²) in [5.74, 6) is 0.524. The van der Waals surface area contributed by atoms with Crippen molar-refractivity contribution < 1.29 is 13.2 Å². The van der Waals surface area contributed by atoms with Crippen molar-refractivity contribution in [1.82, 2.24) is 24.1 Å². The van der Waals surface area contributed by atoms with E-state index in [0.29, 0.717) is 37.7 Å². The molecule has 146 valence electrons. The lowest BCUT2D eigenvalue weighted by Gasteiger charge is -2.29. The molecule has 1 fully saturated rings. The number of nitrogens with zero attached hydrogens (tertiary/aromatic N) is 5. The first-order valence-corrected chi connectivity index (χ1v) is 10.6. The summed E-state index contributed by atoms with van der Waals surface area (Å²) in [7, 11) is -3.21. The second-order valence-corrected chi connectivity index (χ2v) is 8.94. The molecule has 1 amide bonds. The number of carbonyl (C=O) groups is 1. The monoisotopic (exact) mass is 392 g/mol. The van der Waals surface area contributed by atoms with Crippen LogP contribution in [0.5, 0.6) is 0 Å². The van der Waals surface area contributed by atoms with Crippen molar-refractivity contribution in [3.8, 4) is 5.95 Å². The Balaban J connectivity index is 1.76. The minimum atomic E-state index is -3.21. The number of carbonyl (C=O) groups excluding carboxylic acids is 1. The average Bonchev–Trinajstić information content (AvgIpc) is 2.93. The van der Waals surface area contributed by atoms with E-state index in [1.54, 1.807) is 6.07 Å². The zero-order chi connectivity index (χ0) is 19.8. The molecule has 2 aromatic rings. The first kappa shape index (κ1) is 19.4. The van der Waals surface area contributed by atoms with Crippen molar-refractivity contribution in [1.29, 1.82) is 0 Å². The molecule has 3 heterocycles. The molecule has 0 unspecified atom stereocenters. The highest BCUT2D eigenvalue weighted by molar-refractivity contribution is 7.88. The van der Waals surface area contributed by atoms with Crippen LogP contribution in [0.15, 0.2) is 12.1 Å². The molecule has 0 atom stereocenters. The fraction of sp³-hybridized carbons (Fsp3) is 0.529. The van der Waals surface area contributed by atoms with Crippen LogP contribution in [0.2, 0.25) is 0 Å². The number of hydrogen-bond donors (Lipinski definition) is 1. The van der Waals surface area contributed by atoms with Crippen molar-refractivity contribution in [2.24, 2.45) is 5.92 Å². The lowest BCUT2D eigenvalue weighted by Crippen LogP contribution is -2.41. The topological polar surface area (TPSA) is 110 Å². The molecule has 10 heteroatoms. The predicted octanol–water partition coefficient (Wildman–Crippen LogP) is 1.20. The second kappa shape index (κ2) is 7.35. The Kier molecular flexibility index (Phi) is 5.29. The number of rotatable bonds is 4. The van der Waals surface area contributed by atoms with E-state index in [9.17, 15) is 13.2 Å². The number of anilines is 1. The van der Waals surface area contributed by atoms with Gasteiger partial charge in [0.25, 0.3) is 5.95 Å². The second-order valence-electron chi connectivity index (χ2n) is 6.96. The summed E-state index contributed by atoms with van der Waals surface area (Å²) in [5.41, 5.74) is 2.37. The summed E-state index contributed by atoms with van der Waals surface area (Å²) in [4.78, 5) is 21.5. The summed E-state index contributed by atoms with van der Waals surface area (Å²) in [6.45, 7) is 6.30. The van der Waals surface area contributed by atoms with Gasteiger partial charge < -0.3 is 5.32 Å². The van der Waals surface area contributed by atoms with Gasteiger partial charge in [0.05, 0.1) is 11.9 Å². The minimum Gasteiger partial charge on any atom is -0.310 e. The van der Waals surface area contributed by atoms with Gasteiger partial charge in [0.1, 0.15) is 5.82 Å². The maximum atomic E-state index is 12.7. The Morgan fingerprint density at radius 1 is 1.07 bits per heavy atom. The molecular weight excluding hydrogens is 368 g/mol. The number of aryl methyl sites for hydroxylation is 3. The van der Waals surface area contributed by atoms with Crippen LogP contribution in [0.4, 0.5) is 5.82 Å². The normalized spacial score (nSPS) is 16.4. The number of aromatic nitrogens is 4. The van der Waals surface area contributed by atoms with E-state index in [2.05, 4.69) is 20.4 Å². The van der Waals surface area contributed by atoms with Gasteiger partial charge in [-0.05, 0) is 39.7 Å². The Labute approximate surface area is 158 Å². The van der Waals surface area contributed by atoms with Gasteiger partial charge in [0.15, 0.2) is 0 Å². The van der Waals surface area contributed by atoms with Crippen molar-refractivity contribution in [2.75, 3.05) is 24.7 Å². The average molecular weight is 392 g/mol. The van der Waals surface area contributed by atoms with Crippen molar-refractivity contribution >= 4 is 21.7 Å². The Morgan fingerprint density at radius 2 is 1.67 bits per heavy atom. The van der Waals surface area contributed by atoms with Crippen molar-refractivity contribution in [3.05, 3.63) is 29.2 Å².